The third kappa shape index (κ3) is 7.84. The Morgan fingerprint density at radius 1 is 1.21 bits per heavy atom. The van der Waals surface area contributed by atoms with Crippen molar-refractivity contribution in [2.45, 2.75) is 39.4 Å². The lowest BCUT2D eigenvalue weighted by atomic mass is 10.1. The van der Waals surface area contributed by atoms with Crippen molar-refractivity contribution in [3.8, 4) is 0 Å². The van der Waals surface area contributed by atoms with Crippen LogP contribution in [-0.2, 0) is 24.4 Å². The molecule has 8 heteroatoms. The molecule has 0 unspecified atom stereocenters. The molecule has 0 radical (unpaired) electrons. The van der Waals surface area contributed by atoms with Crippen molar-refractivity contribution in [3.63, 3.8) is 0 Å². The Morgan fingerprint density at radius 2 is 1.93 bits per heavy atom. The first-order valence-electron chi connectivity index (χ1n) is 9.91. The van der Waals surface area contributed by atoms with Gasteiger partial charge in [-0.05, 0) is 17.0 Å². The number of rotatable bonds is 7. The number of guanidine groups is 1. The summed E-state index contributed by atoms with van der Waals surface area (Å²) in [5, 5.41) is 9.97. The molecule has 160 valence electrons. The zero-order valence-electron chi connectivity index (χ0n) is 17.5. The van der Waals surface area contributed by atoms with E-state index in [1.807, 2.05) is 0 Å². The second-order valence-corrected chi connectivity index (χ2v) is 8.25. The van der Waals surface area contributed by atoms with E-state index in [0.29, 0.717) is 12.5 Å². The molecular formula is C21H32IN5OS. The Balaban J connectivity index is 0.00000300. The Hall–Kier alpha value is -1.23. The van der Waals surface area contributed by atoms with Gasteiger partial charge in [-0.1, -0.05) is 38.1 Å². The van der Waals surface area contributed by atoms with Gasteiger partial charge in [0, 0.05) is 38.6 Å². The van der Waals surface area contributed by atoms with E-state index in [-0.39, 0.29) is 24.0 Å². The Bertz CT molecular complexity index is 774. The summed E-state index contributed by atoms with van der Waals surface area (Å²) in [6.07, 6.45) is 0. The minimum absolute atomic E-state index is 0. The highest BCUT2D eigenvalue weighted by Gasteiger charge is 2.11. The van der Waals surface area contributed by atoms with Gasteiger partial charge in [0.15, 0.2) is 5.96 Å². The second kappa shape index (κ2) is 12.5. The summed E-state index contributed by atoms with van der Waals surface area (Å²) in [6.45, 7) is 10.4. The monoisotopic (exact) mass is 529 g/mol. The first-order chi connectivity index (χ1) is 13.6. The van der Waals surface area contributed by atoms with E-state index in [1.165, 1.54) is 11.1 Å². The molecule has 0 spiro atoms. The van der Waals surface area contributed by atoms with E-state index in [1.54, 1.807) is 18.4 Å². The number of thiazole rings is 1. The summed E-state index contributed by atoms with van der Waals surface area (Å²) in [6, 6.07) is 8.75. The molecule has 0 amide bonds. The van der Waals surface area contributed by atoms with Crippen LogP contribution in [0, 0.1) is 0 Å². The molecule has 1 aliphatic rings. The summed E-state index contributed by atoms with van der Waals surface area (Å²) in [4.78, 5) is 11.4. The molecule has 6 nitrogen and oxygen atoms in total. The molecule has 1 aromatic carbocycles. The van der Waals surface area contributed by atoms with Gasteiger partial charge in [-0.15, -0.1) is 35.3 Å². The van der Waals surface area contributed by atoms with Crippen molar-refractivity contribution in [1.29, 1.82) is 0 Å². The Morgan fingerprint density at radius 3 is 2.62 bits per heavy atom. The number of morpholine rings is 1. The van der Waals surface area contributed by atoms with Crippen LogP contribution in [0.1, 0.15) is 41.6 Å². The highest BCUT2D eigenvalue weighted by atomic mass is 127. The number of nitrogens with one attached hydrogen (secondary N) is 2. The van der Waals surface area contributed by atoms with Gasteiger partial charge in [0.2, 0.25) is 0 Å². The molecule has 1 aromatic heterocycles. The van der Waals surface area contributed by atoms with Crippen molar-refractivity contribution < 1.29 is 4.74 Å². The Labute approximate surface area is 195 Å². The first-order valence-corrected chi connectivity index (χ1v) is 10.8. The quantitative estimate of drug-likeness (QED) is 0.326. The van der Waals surface area contributed by atoms with Gasteiger partial charge < -0.3 is 15.4 Å². The van der Waals surface area contributed by atoms with E-state index < -0.39 is 0 Å². The van der Waals surface area contributed by atoms with Gasteiger partial charge in [-0.2, -0.15) is 0 Å². The fourth-order valence-electron chi connectivity index (χ4n) is 3.09. The molecule has 0 aliphatic carbocycles. The van der Waals surface area contributed by atoms with Crippen LogP contribution < -0.4 is 10.6 Å². The van der Waals surface area contributed by atoms with E-state index in [2.05, 4.69) is 69.0 Å². The normalized spacial score (nSPS) is 15.2. The zero-order valence-corrected chi connectivity index (χ0v) is 20.6. The fraction of sp³-hybridized carbons (Fsp3) is 0.524. The molecular weight excluding hydrogens is 497 g/mol. The number of benzene rings is 1. The number of hydrogen-bond acceptors (Lipinski definition) is 5. The minimum Gasteiger partial charge on any atom is -0.379 e. The van der Waals surface area contributed by atoms with Crippen LogP contribution in [0.15, 0.2) is 34.6 Å². The maximum Gasteiger partial charge on any atom is 0.191 e. The van der Waals surface area contributed by atoms with Crippen LogP contribution in [0.5, 0.6) is 0 Å². The molecule has 2 aromatic rings. The van der Waals surface area contributed by atoms with Gasteiger partial charge in [0.1, 0.15) is 5.01 Å². The summed E-state index contributed by atoms with van der Waals surface area (Å²) in [7, 11) is 1.80. The third-order valence-electron chi connectivity index (χ3n) is 4.75. The van der Waals surface area contributed by atoms with Gasteiger partial charge in [-0.3, -0.25) is 9.89 Å². The summed E-state index contributed by atoms with van der Waals surface area (Å²) < 4.78 is 5.43. The van der Waals surface area contributed by atoms with Gasteiger partial charge in [0.25, 0.3) is 0 Å². The molecule has 0 saturated carbocycles. The van der Waals surface area contributed by atoms with Crippen molar-refractivity contribution in [2.24, 2.45) is 4.99 Å². The molecule has 0 bridgehead atoms. The van der Waals surface area contributed by atoms with E-state index >= 15 is 0 Å². The molecule has 3 rings (SSSR count). The van der Waals surface area contributed by atoms with Gasteiger partial charge >= 0.3 is 0 Å². The van der Waals surface area contributed by atoms with E-state index in [0.717, 1.165) is 56.1 Å². The standard InChI is InChI=1S/C21H31N5OS.HI/c1-16(2)19-15-28-20(25-19)13-24-21(22-3)23-12-17-5-4-6-18(11-17)14-26-7-9-27-10-8-26;/h4-6,11,15-16H,7-10,12-14H2,1-3H3,(H2,22,23,24);1H. The number of aromatic nitrogens is 1. The molecule has 2 heterocycles. The molecule has 29 heavy (non-hydrogen) atoms. The van der Waals surface area contributed by atoms with Crippen LogP contribution >= 0.6 is 35.3 Å². The van der Waals surface area contributed by atoms with E-state index in [4.69, 9.17) is 4.74 Å². The number of nitrogens with zero attached hydrogens (tertiary/aromatic N) is 3. The smallest absolute Gasteiger partial charge is 0.191 e. The lowest BCUT2D eigenvalue weighted by molar-refractivity contribution is 0.0342. The van der Waals surface area contributed by atoms with Crippen LogP contribution in [0.2, 0.25) is 0 Å². The predicted octanol–water partition coefficient (Wildman–Crippen LogP) is 3.58. The first kappa shape index (κ1) is 24.0. The average Bonchev–Trinajstić information content (AvgIpc) is 3.19. The summed E-state index contributed by atoms with van der Waals surface area (Å²) in [5.74, 6) is 1.26. The predicted molar refractivity (Wildman–Crippen MR) is 131 cm³/mol. The third-order valence-corrected chi connectivity index (χ3v) is 5.62. The molecule has 0 atom stereocenters. The van der Waals surface area contributed by atoms with Crippen molar-refractivity contribution in [1.82, 2.24) is 20.5 Å². The molecule has 1 fully saturated rings. The van der Waals surface area contributed by atoms with Crippen LogP contribution in [0.4, 0.5) is 0 Å². The largest absolute Gasteiger partial charge is 0.379 e. The summed E-state index contributed by atoms with van der Waals surface area (Å²) in [5.41, 5.74) is 3.75. The average molecular weight is 529 g/mol. The lowest BCUT2D eigenvalue weighted by Crippen LogP contribution is -2.36. The van der Waals surface area contributed by atoms with Crippen molar-refractivity contribution in [3.05, 3.63) is 51.5 Å². The highest BCUT2D eigenvalue weighted by molar-refractivity contribution is 14.0. The zero-order chi connectivity index (χ0) is 19.8. The van der Waals surface area contributed by atoms with Gasteiger partial charge in [-0.25, -0.2) is 4.98 Å². The number of aliphatic imine (C=N–C) groups is 1. The minimum atomic E-state index is 0. The number of ether oxygens (including phenoxy) is 1. The second-order valence-electron chi connectivity index (χ2n) is 7.31. The lowest BCUT2D eigenvalue weighted by Gasteiger charge is -2.26. The number of halogens is 1. The highest BCUT2D eigenvalue weighted by Crippen LogP contribution is 2.17. The van der Waals surface area contributed by atoms with Gasteiger partial charge in [0.05, 0.1) is 25.5 Å². The van der Waals surface area contributed by atoms with Crippen molar-refractivity contribution in [2.75, 3.05) is 33.4 Å². The molecule has 1 aliphatic heterocycles. The fourth-order valence-corrected chi connectivity index (χ4v) is 3.99. The number of hydrogen-bond donors (Lipinski definition) is 2. The SMILES string of the molecule is CN=C(NCc1cccc(CN2CCOCC2)c1)NCc1nc(C(C)C)cs1.I. The molecule has 1 saturated heterocycles. The Kier molecular flexibility index (Phi) is 10.3. The summed E-state index contributed by atoms with van der Waals surface area (Å²) >= 11 is 1.69. The van der Waals surface area contributed by atoms with Crippen LogP contribution in [-0.4, -0.2) is 49.2 Å². The van der Waals surface area contributed by atoms with Crippen LogP contribution in [0.25, 0.3) is 0 Å². The molecule has 2 N–H and O–H groups in total. The van der Waals surface area contributed by atoms with Crippen LogP contribution in [0.3, 0.4) is 0 Å². The van der Waals surface area contributed by atoms with Crippen molar-refractivity contribution >= 4 is 41.3 Å². The van der Waals surface area contributed by atoms with E-state index in [9.17, 15) is 0 Å². The topological polar surface area (TPSA) is 61.8 Å². The maximum atomic E-state index is 5.43. The maximum absolute atomic E-state index is 5.43.